The predicted molar refractivity (Wildman–Crippen MR) is 45.9 cm³/mol. The summed E-state index contributed by atoms with van der Waals surface area (Å²) in [5.41, 5.74) is 5.86. The zero-order valence-corrected chi connectivity index (χ0v) is 7.13. The van der Waals surface area contributed by atoms with E-state index in [1.807, 2.05) is 0 Å². The number of benzene rings is 1. The summed E-state index contributed by atoms with van der Waals surface area (Å²) < 4.78 is 0. The van der Waals surface area contributed by atoms with Crippen LogP contribution in [0.15, 0.2) is 12.1 Å². The molecule has 54 valence electrons. The Bertz CT molecular complexity index is 209. The van der Waals surface area contributed by atoms with Gasteiger partial charge in [-0.3, -0.25) is 0 Å². The average molecular weight is 196 g/mol. The van der Waals surface area contributed by atoms with Gasteiger partial charge in [0.1, 0.15) is 0 Å². The van der Waals surface area contributed by atoms with Gasteiger partial charge in [0.15, 0.2) is 0 Å². The van der Waals surface area contributed by atoms with E-state index in [1.54, 1.807) is 0 Å². The number of halogens is 3. The van der Waals surface area contributed by atoms with Gasteiger partial charge in [-0.1, -0.05) is 34.8 Å². The van der Waals surface area contributed by atoms with Gasteiger partial charge in [0.2, 0.25) is 0 Å². The Hall–Kier alpha value is -0.110. The molecular weight excluding hydrogens is 192 g/mol. The second-order valence-corrected chi connectivity index (χ2v) is 3.01. The lowest BCUT2D eigenvalue weighted by Gasteiger charge is -1.99. The maximum absolute atomic E-state index is 5.62. The van der Waals surface area contributed by atoms with Crippen LogP contribution in [0, 0.1) is 0 Å². The molecule has 0 unspecified atom stereocenters. The second kappa shape index (κ2) is 2.87. The molecule has 1 nitrogen and oxygen atoms in total. The SMILES string of the molecule is Nc1cc(Cl)c(Cl)cc1Cl. The summed E-state index contributed by atoms with van der Waals surface area (Å²) in [5.74, 6) is 0. The van der Waals surface area contributed by atoms with E-state index in [9.17, 15) is 0 Å². The zero-order valence-electron chi connectivity index (χ0n) is 4.87. The van der Waals surface area contributed by atoms with Crippen molar-refractivity contribution in [3.63, 3.8) is 0 Å². The molecule has 0 aliphatic carbocycles. The molecule has 1 aromatic rings. The largest absolute Gasteiger partial charge is 0.397 e. The smallest absolute Gasteiger partial charge is 0.0651 e. The molecule has 0 saturated carbocycles. The van der Waals surface area contributed by atoms with Crippen molar-refractivity contribution in [3.05, 3.63) is 27.2 Å². The minimum Gasteiger partial charge on any atom is -0.397 e. The minimum absolute atomic E-state index is 0.417. The van der Waals surface area contributed by atoms with E-state index in [0.29, 0.717) is 20.8 Å². The molecule has 4 heteroatoms. The quantitative estimate of drug-likeness (QED) is 0.500. The molecule has 1 aromatic carbocycles. The summed E-state index contributed by atoms with van der Waals surface area (Å²) in [4.78, 5) is 0. The van der Waals surface area contributed by atoms with Gasteiger partial charge in [0.05, 0.1) is 20.8 Å². The van der Waals surface area contributed by atoms with E-state index in [0.717, 1.165) is 0 Å². The summed E-state index contributed by atoms with van der Waals surface area (Å²) in [5, 5.41) is 1.26. The van der Waals surface area contributed by atoms with E-state index in [4.69, 9.17) is 40.5 Å². The van der Waals surface area contributed by atoms with Crippen molar-refractivity contribution in [1.29, 1.82) is 0 Å². The number of nitrogens with two attached hydrogens (primary N) is 1. The molecule has 10 heavy (non-hydrogen) atoms. The number of anilines is 1. The van der Waals surface area contributed by atoms with E-state index in [1.165, 1.54) is 12.1 Å². The molecule has 0 aliphatic heterocycles. The molecule has 0 bridgehead atoms. The Labute approximate surface area is 73.7 Å². The fraction of sp³-hybridized carbons (Fsp3) is 0. The molecule has 0 heterocycles. The molecule has 0 aromatic heterocycles. The third-order valence-electron chi connectivity index (χ3n) is 1.04. The molecule has 0 amide bonds. The van der Waals surface area contributed by atoms with Crippen LogP contribution in [-0.2, 0) is 0 Å². The topological polar surface area (TPSA) is 26.0 Å². The van der Waals surface area contributed by atoms with E-state index >= 15 is 0 Å². The van der Waals surface area contributed by atoms with Gasteiger partial charge >= 0.3 is 0 Å². The van der Waals surface area contributed by atoms with E-state index in [-0.39, 0.29) is 0 Å². The summed E-state index contributed by atoms with van der Waals surface area (Å²) in [6, 6.07) is 3.03. The molecule has 0 saturated heterocycles. The first-order valence-corrected chi connectivity index (χ1v) is 3.64. The van der Waals surface area contributed by atoms with Crippen LogP contribution in [0.4, 0.5) is 5.69 Å². The maximum atomic E-state index is 5.62. The van der Waals surface area contributed by atoms with Crippen LogP contribution in [0.2, 0.25) is 15.1 Å². The number of rotatable bonds is 0. The Morgan fingerprint density at radius 3 is 1.90 bits per heavy atom. The molecule has 0 fully saturated rings. The normalized spacial score (nSPS) is 9.90. The Morgan fingerprint density at radius 2 is 1.40 bits per heavy atom. The Morgan fingerprint density at radius 1 is 0.900 bits per heavy atom. The number of hydrogen-bond acceptors (Lipinski definition) is 1. The third-order valence-corrected chi connectivity index (χ3v) is 2.09. The number of nitrogen functional groups attached to an aromatic ring is 1. The van der Waals surface area contributed by atoms with Gasteiger partial charge in [-0.05, 0) is 12.1 Å². The maximum Gasteiger partial charge on any atom is 0.0651 e. The molecule has 0 spiro atoms. The molecular formula is C6H4Cl3N. The lowest BCUT2D eigenvalue weighted by molar-refractivity contribution is 1.68. The van der Waals surface area contributed by atoms with Gasteiger partial charge in [-0.25, -0.2) is 0 Å². The fourth-order valence-corrected chi connectivity index (χ4v) is 1.09. The standard InChI is InChI=1S/C6H4Cl3N/c7-3-1-5(9)6(10)2-4(3)8/h1-2H,10H2. The first-order valence-electron chi connectivity index (χ1n) is 2.51. The zero-order chi connectivity index (χ0) is 7.72. The van der Waals surface area contributed by atoms with Crippen molar-refractivity contribution in [3.8, 4) is 0 Å². The third kappa shape index (κ3) is 1.48. The van der Waals surface area contributed by atoms with Crippen LogP contribution in [0.3, 0.4) is 0 Å². The van der Waals surface area contributed by atoms with Crippen LogP contribution in [0.25, 0.3) is 0 Å². The van der Waals surface area contributed by atoms with Crippen molar-refractivity contribution in [2.75, 3.05) is 5.73 Å². The molecule has 0 radical (unpaired) electrons. The highest BCUT2D eigenvalue weighted by molar-refractivity contribution is 6.43. The van der Waals surface area contributed by atoms with Crippen molar-refractivity contribution in [2.45, 2.75) is 0 Å². The van der Waals surface area contributed by atoms with Gasteiger partial charge < -0.3 is 5.73 Å². The molecule has 2 N–H and O–H groups in total. The van der Waals surface area contributed by atoms with Gasteiger partial charge in [0.25, 0.3) is 0 Å². The van der Waals surface area contributed by atoms with Crippen LogP contribution >= 0.6 is 34.8 Å². The minimum atomic E-state index is 0.417. The van der Waals surface area contributed by atoms with Crippen molar-refractivity contribution >= 4 is 40.5 Å². The van der Waals surface area contributed by atoms with Crippen LogP contribution in [-0.4, -0.2) is 0 Å². The Balaban J connectivity index is 3.28. The summed E-state index contributed by atoms with van der Waals surface area (Å²) in [7, 11) is 0. The lowest BCUT2D eigenvalue weighted by atomic mass is 10.3. The van der Waals surface area contributed by atoms with Crippen LogP contribution in [0.5, 0.6) is 0 Å². The lowest BCUT2D eigenvalue weighted by Crippen LogP contribution is -1.85. The van der Waals surface area contributed by atoms with Gasteiger partial charge in [-0.2, -0.15) is 0 Å². The number of hydrogen-bond donors (Lipinski definition) is 1. The van der Waals surface area contributed by atoms with Crippen molar-refractivity contribution < 1.29 is 0 Å². The van der Waals surface area contributed by atoms with Crippen molar-refractivity contribution in [2.24, 2.45) is 0 Å². The van der Waals surface area contributed by atoms with Gasteiger partial charge in [0, 0.05) is 0 Å². The first kappa shape index (κ1) is 7.99. The molecule has 0 atom stereocenters. The average Bonchev–Trinajstić information content (AvgIpc) is 1.84. The second-order valence-electron chi connectivity index (χ2n) is 1.79. The van der Waals surface area contributed by atoms with Crippen LogP contribution in [0.1, 0.15) is 0 Å². The monoisotopic (exact) mass is 195 g/mol. The molecule has 1 rings (SSSR count). The highest BCUT2D eigenvalue weighted by Gasteiger charge is 2.01. The molecule has 0 aliphatic rings. The van der Waals surface area contributed by atoms with Crippen molar-refractivity contribution in [1.82, 2.24) is 0 Å². The van der Waals surface area contributed by atoms with E-state index < -0.39 is 0 Å². The highest BCUT2D eigenvalue weighted by atomic mass is 35.5. The van der Waals surface area contributed by atoms with Crippen LogP contribution < -0.4 is 5.73 Å². The fourth-order valence-electron chi connectivity index (χ4n) is 0.538. The summed E-state index contributed by atoms with van der Waals surface area (Å²) in [6.45, 7) is 0. The summed E-state index contributed by atoms with van der Waals surface area (Å²) >= 11 is 16.8. The predicted octanol–water partition coefficient (Wildman–Crippen LogP) is 3.23. The Kier molecular flexibility index (Phi) is 2.29. The highest BCUT2D eigenvalue weighted by Crippen LogP contribution is 2.29. The first-order chi connectivity index (χ1) is 4.61. The summed E-state index contributed by atoms with van der Waals surface area (Å²) in [6.07, 6.45) is 0. The van der Waals surface area contributed by atoms with Gasteiger partial charge in [-0.15, -0.1) is 0 Å². The van der Waals surface area contributed by atoms with E-state index in [2.05, 4.69) is 0 Å².